The Morgan fingerprint density at radius 3 is 2.58 bits per heavy atom. The van der Waals surface area contributed by atoms with Gasteiger partial charge in [-0.1, -0.05) is 33.1 Å². The van der Waals surface area contributed by atoms with Crippen LogP contribution in [-0.2, 0) is 0 Å². The highest BCUT2D eigenvalue weighted by atomic mass is 14.8. The normalized spacial score (nSPS) is 32.2. The smallest absolute Gasteiger partial charge is 0.0527 e. The lowest BCUT2D eigenvalue weighted by molar-refractivity contribution is 0.337. The van der Waals surface area contributed by atoms with E-state index >= 15 is 0 Å². The zero-order valence-corrected chi connectivity index (χ0v) is 8.42. The minimum atomic E-state index is 0.735. The molecule has 0 aromatic carbocycles. The highest BCUT2D eigenvalue weighted by Gasteiger charge is 2.26. The van der Waals surface area contributed by atoms with Gasteiger partial charge in [-0.25, -0.2) is 0 Å². The van der Waals surface area contributed by atoms with Gasteiger partial charge in [0.05, 0.1) is 6.04 Å². The van der Waals surface area contributed by atoms with E-state index in [9.17, 15) is 0 Å². The van der Waals surface area contributed by atoms with Gasteiger partial charge in [-0.15, -0.1) is 0 Å². The van der Waals surface area contributed by atoms with E-state index in [1.54, 1.807) is 0 Å². The van der Waals surface area contributed by atoms with Crippen molar-refractivity contribution in [3.63, 3.8) is 0 Å². The van der Waals surface area contributed by atoms with E-state index in [0.29, 0.717) is 0 Å². The van der Waals surface area contributed by atoms with Crippen molar-refractivity contribution in [1.29, 1.82) is 0 Å². The molecule has 1 heterocycles. The van der Waals surface area contributed by atoms with Crippen LogP contribution in [0, 0.1) is 5.92 Å². The summed E-state index contributed by atoms with van der Waals surface area (Å²) in [6, 6.07) is 0.735. The topological polar surface area (TPSA) is 12.4 Å². The standard InChI is InChI=1S/C8H13N.C3H8/c1-2-4-8-7(3-1)5-6-9-8;1-3-2/h6-8H,1-5H2;3H2,1-2H3. The first-order chi connectivity index (χ1) is 5.88. The summed E-state index contributed by atoms with van der Waals surface area (Å²) in [5, 5.41) is 0. The van der Waals surface area contributed by atoms with Crippen LogP contribution in [0.4, 0.5) is 0 Å². The summed E-state index contributed by atoms with van der Waals surface area (Å²) in [7, 11) is 0. The van der Waals surface area contributed by atoms with Crippen LogP contribution >= 0.6 is 0 Å². The summed E-state index contributed by atoms with van der Waals surface area (Å²) in [5.74, 6) is 0.943. The first-order valence-corrected chi connectivity index (χ1v) is 5.40. The van der Waals surface area contributed by atoms with Crippen molar-refractivity contribution in [2.24, 2.45) is 10.9 Å². The largest absolute Gasteiger partial charge is 0.294 e. The van der Waals surface area contributed by atoms with Crippen LogP contribution < -0.4 is 0 Å². The van der Waals surface area contributed by atoms with Crippen LogP contribution in [0.5, 0.6) is 0 Å². The Kier molecular flexibility index (Phi) is 4.34. The molecule has 0 spiro atoms. The van der Waals surface area contributed by atoms with Gasteiger partial charge in [0.2, 0.25) is 0 Å². The summed E-state index contributed by atoms with van der Waals surface area (Å²) in [6.45, 7) is 4.25. The number of aliphatic imine (C=N–C) groups is 1. The Morgan fingerprint density at radius 2 is 1.92 bits per heavy atom. The Balaban J connectivity index is 0.000000213. The van der Waals surface area contributed by atoms with Gasteiger partial charge < -0.3 is 0 Å². The number of nitrogens with zero attached hydrogens (tertiary/aromatic N) is 1. The van der Waals surface area contributed by atoms with E-state index in [-0.39, 0.29) is 0 Å². The highest BCUT2D eigenvalue weighted by Crippen LogP contribution is 2.31. The van der Waals surface area contributed by atoms with Gasteiger partial charge in [-0.05, 0) is 31.4 Å². The van der Waals surface area contributed by atoms with E-state index in [2.05, 4.69) is 25.1 Å². The molecule has 2 rings (SSSR count). The lowest BCUT2D eigenvalue weighted by atomic mass is 9.85. The van der Waals surface area contributed by atoms with Crippen LogP contribution in [0.1, 0.15) is 52.4 Å². The Labute approximate surface area is 76.3 Å². The third kappa shape index (κ3) is 2.62. The molecule has 0 N–H and O–H groups in total. The van der Waals surface area contributed by atoms with Crippen molar-refractivity contribution in [1.82, 2.24) is 0 Å². The second-order valence-corrected chi connectivity index (χ2v) is 3.89. The second-order valence-electron chi connectivity index (χ2n) is 3.89. The molecule has 1 heteroatoms. The van der Waals surface area contributed by atoms with E-state index in [4.69, 9.17) is 0 Å². The fraction of sp³-hybridized carbons (Fsp3) is 0.909. The van der Waals surface area contributed by atoms with Gasteiger partial charge in [-0.2, -0.15) is 0 Å². The van der Waals surface area contributed by atoms with Crippen LogP contribution in [-0.4, -0.2) is 12.3 Å². The lowest BCUT2D eigenvalue weighted by Crippen LogP contribution is -2.18. The van der Waals surface area contributed by atoms with Crippen molar-refractivity contribution in [3.8, 4) is 0 Å². The molecule has 0 amide bonds. The molecule has 0 aromatic heterocycles. The molecule has 0 saturated heterocycles. The molecule has 1 fully saturated rings. The van der Waals surface area contributed by atoms with Gasteiger partial charge in [0.25, 0.3) is 0 Å². The molecule has 0 aromatic rings. The van der Waals surface area contributed by atoms with Gasteiger partial charge in [0.1, 0.15) is 0 Å². The molecule has 1 saturated carbocycles. The van der Waals surface area contributed by atoms with Crippen LogP contribution in [0.15, 0.2) is 4.99 Å². The van der Waals surface area contributed by atoms with Crippen molar-refractivity contribution in [3.05, 3.63) is 0 Å². The molecule has 12 heavy (non-hydrogen) atoms. The molecule has 70 valence electrons. The second kappa shape index (κ2) is 5.34. The maximum absolute atomic E-state index is 4.43. The monoisotopic (exact) mass is 167 g/mol. The molecule has 2 aliphatic rings. The molecular weight excluding hydrogens is 146 g/mol. The van der Waals surface area contributed by atoms with Crippen LogP contribution in [0.3, 0.4) is 0 Å². The predicted molar refractivity (Wildman–Crippen MR) is 54.8 cm³/mol. The third-order valence-corrected chi connectivity index (χ3v) is 2.57. The highest BCUT2D eigenvalue weighted by molar-refractivity contribution is 5.60. The first-order valence-electron chi connectivity index (χ1n) is 5.40. The van der Waals surface area contributed by atoms with Crippen LogP contribution in [0.25, 0.3) is 0 Å². The molecular formula is C11H21N. The quantitative estimate of drug-likeness (QED) is 0.524. The van der Waals surface area contributed by atoms with Gasteiger partial charge in [0, 0.05) is 0 Å². The fourth-order valence-electron chi connectivity index (χ4n) is 1.99. The van der Waals surface area contributed by atoms with Crippen molar-refractivity contribution >= 4 is 6.21 Å². The first kappa shape index (κ1) is 9.76. The average molecular weight is 167 g/mol. The van der Waals surface area contributed by atoms with E-state index < -0.39 is 0 Å². The zero-order chi connectivity index (χ0) is 8.81. The van der Waals surface area contributed by atoms with Crippen molar-refractivity contribution < 1.29 is 0 Å². The molecule has 2 atom stereocenters. The zero-order valence-electron chi connectivity index (χ0n) is 8.42. The van der Waals surface area contributed by atoms with Crippen molar-refractivity contribution in [2.45, 2.75) is 58.4 Å². The van der Waals surface area contributed by atoms with Crippen molar-refractivity contribution in [2.75, 3.05) is 0 Å². The predicted octanol–water partition coefficient (Wildman–Crippen LogP) is 3.44. The molecule has 0 bridgehead atoms. The Morgan fingerprint density at radius 1 is 1.25 bits per heavy atom. The Hall–Kier alpha value is -0.330. The van der Waals surface area contributed by atoms with Gasteiger partial charge >= 0.3 is 0 Å². The number of fused-ring (bicyclic) bond motifs is 1. The van der Waals surface area contributed by atoms with Gasteiger partial charge in [0.15, 0.2) is 0 Å². The number of hydrogen-bond acceptors (Lipinski definition) is 1. The van der Waals surface area contributed by atoms with E-state index in [1.165, 1.54) is 38.5 Å². The average Bonchev–Trinajstić information content (AvgIpc) is 2.52. The molecule has 1 aliphatic carbocycles. The lowest BCUT2D eigenvalue weighted by Gasteiger charge is -2.22. The SMILES string of the molecule is C1=NC2CCCCC2C1.CCC. The van der Waals surface area contributed by atoms with E-state index in [1.807, 2.05) is 0 Å². The third-order valence-electron chi connectivity index (χ3n) is 2.57. The number of hydrogen-bond donors (Lipinski definition) is 0. The Bertz CT molecular complexity index is 140. The minimum absolute atomic E-state index is 0.735. The van der Waals surface area contributed by atoms with E-state index in [0.717, 1.165) is 12.0 Å². The molecule has 1 nitrogen and oxygen atoms in total. The minimum Gasteiger partial charge on any atom is -0.294 e. The van der Waals surface area contributed by atoms with Gasteiger partial charge in [-0.3, -0.25) is 4.99 Å². The molecule has 0 radical (unpaired) electrons. The van der Waals surface area contributed by atoms with Crippen LogP contribution in [0.2, 0.25) is 0 Å². The summed E-state index contributed by atoms with van der Waals surface area (Å²) >= 11 is 0. The molecule has 2 unspecified atom stereocenters. The fourth-order valence-corrected chi connectivity index (χ4v) is 1.99. The maximum atomic E-state index is 4.43. The molecule has 1 aliphatic heterocycles. The number of rotatable bonds is 0. The summed E-state index contributed by atoms with van der Waals surface area (Å²) in [4.78, 5) is 4.43. The summed E-state index contributed by atoms with van der Waals surface area (Å²) < 4.78 is 0. The summed E-state index contributed by atoms with van der Waals surface area (Å²) in [6.07, 6.45) is 10.3. The maximum Gasteiger partial charge on any atom is 0.0527 e. The summed E-state index contributed by atoms with van der Waals surface area (Å²) in [5.41, 5.74) is 0.